The molecule has 0 aliphatic heterocycles. The third kappa shape index (κ3) is 1.99. The molecule has 2 rings (SSSR count). The van der Waals surface area contributed by atoms with Crippen LogP contribution in [0.5, 0.6) is 0 Å². The second-order valence-corrected chi connectivity index (χ2v) is 3.88. The van der Waals surface area contributed by atoms with Gasteiger partial charge < -0.3 is 10.6 Å². The zero-order chi connectivity index (χ0) is 12.4. The molecule has 1 aromatic carbocycles. The van der Waals surface area contributed by atoms with Crippen molar-refractivity contribution in [3.63, 3.8) is 0 Å². The number of carbonyl (C=O) groups excluding carboxylic acids is 1. The Balaban J connectivity index is 2.44. The highest BCUT2D eigenvalue weighted by molar-refractivity contribution is 5.96. The standard InChI is InChI=1S/C12H14N4O/c1-15(2)12(17)10-11(13)16(8-14-10)9-6-4-3-5-7-9/h3-8H,13H2,1-2H3. The highest BCUT2D eigenvalue weighted by atomic mass is 16.2. The Hall–Kier alpha value is -2.30. The largest absolute Gasteiger partial charge is 0.383 e. The molecule has 1 aromatic heterocycles. The zero-order valence-electron chi connectivity index (χ0n) is 9.79. The van der Waals surface area contributed by atoms with E-state index < -0.39 is 0 Å². The van der Waals surface area contributed by atoms with Crippen LogP contribution in [0.3, 0.4) is 0 Å². The lowest BCUT2D eigenvalue weighted by Gasteiger charge is -2.09. The van der Waals surface area contributed by atoms with Crippen LogP contribution in [-0.2, 0) is 0 Å². The lowest BCUT2D eigenvalue weighted by Crippen LogP contribution is -2.23. The van der Waals surface area contributed by atoms with Crippen molar-refractivity contribution in [1.82, 2.24) is 14.5 Å². The molecule has 0 fully saturated rings. The van der Waals surface area contributed by atoms with Crippen LogP contribution >= 0.6 is 0 Å². The van der Waals surface area contributed by atoms with Crippen molar-refractivity contribution >= 4 is 11.7 Å². The summed E-state index contributed by atoms with van der Waals surface area (Å²) in [5.74, 6) is 0.159. The molecular weight excluding hydrogens is 216 g/mol. The smallest absolute Gasteiger partial charge is 0.275 e. The van der Waals surface area contributed by atoms with E-state index in [2.05, 4.69) is 4.98 Å². The number of nitrogen functional groups attached to an aromatic ring is 1. The predicted molar refractivity (Wildman–Crippen MR) is 66.0 cm³/mol. The van der Waals surface area contributed by atoms with Crippen LogP contribution in [0.15, 0.2) is 36.7 Å². The van der Waals surface area contributed by atoms with Gasteiger partial charge in [0.1, 0.15) is 12.1 Å². The molecule has 0 bridgehead atoms. The molecule has 0 atom stereocenters. The third-order valence-corrected chi connectivity index (χ3v) is 2.45. The van der Waals surface area contributed by atoms with E-state index in [0.717, 1.165) is 5.69 Å². The number of carbonyl (C=O) groups is 1. The number of amides is 1. The van der Waals surface area contributed by atoms with Gasteiger partial charge in [0.2, 0.25) is 0 Å². The molecular formula is C12H14N4O. The van der Waals surface area contributed by atoms with Crippen LogP contribution in [0.2, 0.25) is 0 Å². The number of nitrogens with two attached hydrogens (primary N) is 1. The average Bonchev–Trinajstić information content (AvgIpc) is 2.71. The van der Waals surface area contributed by atoms with E-state index in [0.29, 0.717) is 5.82 Å². The Morgan fingerprint density at radius 3 is 2.53 bits per heavy atom. The van der Waals surface area contributed by atoms with E-state index in [9.17, 15) is 4.79 Å². The molecule has 88 valence electrons. The summed E-state index contributed by atoms with van der Waals surface area (Å²) in [6.45, 7) is 0. The molecule has 0 spiro atoms. The van der Waals surface area contributed by atoms with Gasteiger partial charge in [-0.3, -0.25) is 9.36 Å². The minimum absolute atomic E-state index is 0.197. The van der Waals surface area contributed by atoms with Gasteiger partial charge in [-0.2, -0.15) is 0 Å². The predicted octanol–water partition coefficient (Wildman–Crippen LogP) is 1.16. The fourth-order valence-corrected chi connectivity index (χ4v) is 1.53. The SMILES string of the molecule is CN(C)C(=O)c1ncn(-c2ccccc2)c1N. The Morgan fingerprint density at radius 1 is 1.29 bits per heavy atom. The number of hydrogen-bond acceptors (Lipinski definition) is 3. The molecule has 0 saturated carbocycles. The Labute approximate surface area is 99.5 Å². The van der Waals surface area contributed by atoms with Crippen LogP contribution in [-0.4, -0.2) is 34.5 Å². The Morgan fingerprint density at radius 2 is 1.94 bits per heavy atom. The van der Waals surface area contributed by atoms with Gasteiger partial charge in [-0.25, -0.2) is 4.98 Å². The molecule has 0 aliphatic rings. The fraction of sp³-hybridized carbons (Fsp3) is 0.167. The molecule has 1 heterocycles. The van der Waals surface area contributed by atoms with Crippen molar-refractivity contribution in [3.05, 3.63) is 42.4 Å². The molecule has 0 aliphatic carbocycles. The van der Waals surface area contributed by atoms with Crippen molar-refractivity contribution in [2.45, 2.75) is 0 Å². The van der Waals surface area contributed by atoms with Crippen LogP contribution < -0.4 is 5.73 Å². The number of nitrogens with zero attached hydrogens (tertiary/aromatic N) is 3. The molecule has 0 unspecified atom stereocenters. The fourth-order valence-electron chi connectivity index (χ4n) is 1.53. The number of hydrogen-bond donors (Lipinski definition) is 1. The van der Waals surface area contributed by atoms with Crippen molar-refractivity contribution in [2.75, 3.05) is 19.8 Å². The number of rotatable bonds is 2. The lowest BCUT2D eigenvalue weighted by molar-refractivity contribution is 0.0823. The molecule has 1 amide bonds. The monoisotopic (exact) mass is 230 g/mol. The van der Waals surface area contributed by atoms with Crippen molar-refractivity contribution in [2.24, 2.45) is 0 Å². The third-order valence-electron chi connectivity index (χ3n) is 2.45. The zero-order valence-corrected chi connectivity index (χ0v) is 9.79. The molecule has 2 N–H and O–H groups in total. The second kappa shape index (κ2) is 4.29. The van der Waals surface area contributed by atoms with Gasteiger partial charge in [-0.15, -0.1) is 0 Å². The molecule has 0 radical (unpaired) electrons. The van der Waals surface area contributed by atoms with Crippen molar-refractivity contribution in [1.29, 1.82) is 0 Å². The number of anilines is 1. The normalized spacial score (nSPS) is 10.2. The molecule has 2 aromatic rings. The quantitative estimate of drug-likeness (QED) is 0.841. The molecule has 17 heavy (non-hydrogen) atoms. The maximum atomic E-state index is 11.8. The first kappa shape index (κ1) is 11.2. The maximum Gasteiger partial charge on any atom is 0.275 e. The van der Waals surface area contributed by atoms with E-state index in [1.807, 2.05) is 30.3 Å². The van der Waals surface area contributed by atoms with Crippen LogP contribution in [0.25, 0.3) is 5.69 Å². The van der Waals surface area contributed by atoms with Gasteiger partial charge >= 0.3 is 0 Å². The number of benzene rings is 1. The van der Waals surface area contributed by atoms with E-state index in [-0.39, 0.29) is 11.6 Å². The summed E-state index contributed by atoms with van der Waals surface area (Å²) in [5.41, 5.74) is 7.09. The van der Waals surface area contributed by atoms with E-state index in [1.54, 1.807) is 25.0 Å². The topological polar surface area (TPSA) is 64.2 Å². The minimum atomic E-state index is -0.197. The Kier molecular flexibility index (Phi) is 2.82. The van der Waals surface area contributed by atoms with Gasteiger partial charge in [0.15, 0.2) is 5.69 Å². The highest BCUT2D eigenvalue weighted by Gasteiger charge is 2.17. The summed E-state index contributed by atoms with van der Waals surface area (Å²) in [6.07, 6.45) is 1.56. The summed E-state index contributed by atoms with van der Waals surface area (Å²) in [7, 11) is 3.34. The summed E-state index contributed by atoms with van der Waals surface area (Å²) < 4.78 is 1.69. The van der Waals surface area contributed by atoms with E-state index in [1.165, 1.54) is 4.90 Å². The number of para-hydroxylation sites is 1. The lowest BCUT2D eigenvalue weighted by atomic mass is 10.3. The first-order valence-electron chi connectivity index (χ1n) is 5.21. The van der Waals surface area contributed by atoms with Gasteiger partial charge in [-0.05, 0) is 12.1 Å². The average molecular weight is 230 g/mol. The molecule has 5 heteroatoms. The van der Waals surface area contributed by atoms with Crippen LogP contribution in [0.4, 0.5) is 5.82 Å². The van der Waals surface area contributed by atoms with Gasteiger partial charge in [0.25, 0.3) is 5.91 Å². The van der Waals surface area contributed by atoms with E-state index >= 15 is 0 Å². The maximum absolute atomic E-state index is 11.8. The van der Waals surface area contributed by atoms with Crippen LogP contribution in [0.1, 0.15) is 10.5 Å². The minimum Gasteiger partial charge on any atom is -0.383 e. The van der Waals surface area contributed by atoms with Gasteiger partial charge in [0, 0.05) is 19.8 Å². The van der Waals surface area contributed by atoms with Gasteiger partial charge in [-0.1, -0.05) is 18.2 Å². The van der Waals surface area contributed by atoms with E-state index in [4.69, 9.17) is 5.73 Å². The summed E-state index contributed by atoms with van der Waals surface area (Å²) in [4.78, 5) is 17.3. The molecule has 0 saturated heterocycles. The van der Waals surface area contributed by atoms with Gasteiger partial charge in [0.05, 0.1) is 0 Å². The number of imidazole rings is 1. The highest BCUT2D eigenvalue weighted by Crippen LogP contribution is 2.17. The summed E-state index contributed by atoms with van der Waals surface area (Å²) >= 11 is 0. The summed E-state index contributed by atoms with van der Waals surface area (Å²) in [6, 6.07) is 9.54. The van der Waals surface area contributed by atoms with Crippen molar-refractivity contribution < 1.29 is 4.79 Å². The first-order chi connectivity index (χ1) is 8.11. The molecule has 5 nitrogen and oxygen atoms in total. The van der Waals surface area contributed by atoms with Crippen molar-refractivity contribution in [3.8, 4) is 5.69 Å². The van der Waals surface area contributed by atoms with Crippen LogP contribution in [0, 0.1) is 0 Å². The first-order valence-corrected chi connectivity index (χ1v) is 5.21. The second-order valence-electron chi connectivity index (χ2n) is 3.88. The summed E-state index contributed by atoms with van der Waals surface area (Å²) in [5, 5.41) is 0. The number of aromatic nitrogens is 2. The Bertz CT molecular complexity index is 531.